The standard InChI is InChI=1S/C15H14N2O/c18-15-9-12-8-13(6-7-14(12)17-15)16-10-11-4-2-1-3-5-11/h1-9,16-18H,10H2. The van der Waals surface area contributed by atoms with Crippen LogP contribution in [0.5, 0.6) is 5.88 Å². The van der Waals surface area contributed by atoms with E-state index < -0.39 is 0 Å². The molecule has 18 heavy (non-hydrogen) atoms. The highest BCUT2D eigenvalue weighted by atomic mass is 16.3. The molecule has 2 aromatic carbocycles. The number of aromatic nitrogens is 1. The van der Waals surface area contributed by atoms with Gasteiger partial charge in [0.2, 0.25) is 0 Å². The third-order valence-corrected chi connectivity index (χ3v) is 2.95. The van der Waals surface area contributed by atoms with Crippen LogP contribution in [-0.4, -0.2) is 10.1 Å². The van der Waals surface area contributed by atoms with Gasteiger partial charge in [0.05, 0.1) is 0 Å². The molecule has 0 saturated heterocycles. The molecule has 0 atom stereocenters. The van der Waals surface area contributed by atoms with Crippen LogP contribution >= 0.6 is 0 Å². The average molecular weight is 238 g/mol. The summed E-state index contributed by atoms with van der Waals surface area (Å²) in [6, 6.07) is 18.0. The molecular formula is C15H14N2O. The van der Waals surface area contributed by atoms with Gasteiger partial charge in [-0.05, 0) is 23.8 Å². The molecule has 0 aliphatic rings. The van der Waals surface area contributed by atoms with Gasteiger partial charge in [-0.25, -0.2) is 0 Å². The van der Waals surface area contributed by atoms with Crippen molar-refractivity contribution in [1.82, 2.24) is 4.98 Å². The molecule has 3 rings (SSSR count). The molecule has 0 saturated carbocycles. The number of rotatable bonds is 3. The Labute approximate surface area is 105 Å². The van der Waals surface area contributed by atoms with E-state index >= 15 is 0 Å². The fraction of sp³-hybridized carbons (Fsp3) is 0.0667. The molecule has 90 valence electrons. The molecule has 0 bridgehead atoms. The first kappa shape index (κ1) is 10.7. The Bertz CT molecular complexity index is 659. The first-order chi connectivity index (χ1) is 8.81. The number of nitrogens with one attached hydrogen (secondary N) is 2. The van der Waals surface area contributed by atoms with Crippen molar-refractivity contribution in [3.05, 3.63) is 60.2 Å². The van der Waals surface area contributed by atoms with Crippen molar-refractivity contribution in [2.75, 3.05) is 5.32 Å². The van der Waals surface area contributed by atoms with E-state index in [2.05, 4.69) is 22.4 Å². The molecule has 3 aromatic rings. The van der Waals surface area contributed by atoms with Crippen LogP contribution in [0.25, 0.3) is 10.9 Å². The zero-order chi connectivity index (χ0) is 12.4. The maximum absolute atomic E-state index is 9.38. The van der Waals surface area contributed by atoms with Gasteiger partial charge in [0, 0.05) is 29.2 Å². The van der Waals surface area contributed by atoms with Crippen LogP contribution in [-0.2, 0) is 6.54 Å². The van der Waals surface area contributed by atoms with Gasteiger partial charge in [-0.2, -0.15) is 0 Å². The highest BCUT2D eigenvalue weighted by Crippen LogP contribution is 2.23. The van der Waals surface area contributed by atoms with E-state index in [1.165, 1.54) is 5.56 Å². The summed E-state index contributed by atoms with van der Waals surface area (Å²) < 4.78 is 0. The molecule has 0 fully saturated rings. The molecule has 0 aliphatic heterocycles. The van der Waals surface area contributed by atoms with Gasteiger partial charge in [0.15, 0.2) is 5.88 Å². The van der Waals surface area contributed by atoms with Crippen molar-refractivity contribution in [3.8, 4) is 5.88 Å². The quantitative estimate of drug-likeness (QED) is 0.654. The number of H-pyrrole nitrogens is 1. The second kappa shape index (κ2) is 4.45. The molecule has 0 spiro atoms. The molecule has 1 aromatic heterocycles. The summed E-state index contributed by atoms with van der Waals surface area (Å²) in [7, 11) is 0. The fourth-order valence-corrected chi connectivity index (χ4v) is 2.03. The van der Waals surface area contributed by atoms with Crippen LogP contribution in [0, 0.1) is 0 Å². The highest BCUT2D eigenvalue weighted by molar-refractivity contribution is 5.84. The fourth-order valence-electron chi connectivity index (χ4n) is 2.03. The van der Waals surface area contributed by atoms with Gasteiger partial charge in [-0.15, -0.1) is 0 Å². The number of aromatic amines is 1. The summed E-state index contributed by atoms with van der Waals surface area (Å²) in [5.41, 5.74) is 3.23. The van der Waals surface area contributed by atoms with Gasteiger partial charge < -0.3 is 15.4 Å². The zero-order valence-electron chi connectivity index (χ0n) is 9.85. The van der Waals surface area contributed by atoms with Gasteiger partial charge in [-0.3, -0.25) is 0 Å². The van der Waals surface area contributed by atoms with Gasteiger partial charge in [0.25, 0.3) is 0 Å². The van der Waals surface area contributed by atoms with Gasteiger partial charge in [-0.1, -0.05) is 30.3 Å². The molecule has 0 aliphatic carbocycles. The maximum atomic E-state index is 9.38. The summed E-state index contributed by atoms with van der Waals surface area (Å²) in [5, 5.41) is 13.8. The largest absolute Gasteiger partial charge is 0.495 e. The predicted molar refractivity (Wildman–Crippen MR) is 73.7 cm³/mol. The third-order valence-electron chi connectivity index (χ3n) is 2.95. The Morgan fingerprint density at radius 3 is 2.67 bits per heavy atom. The summed E-state index contributed by atoms with van der Waals surface area (Å²) >= 11 is 0. The second-order valence-electron chi connectivity index (χ2n) is 4.30. The summed E-state index contributed by atoms with van der Waals surface area (Å²) in [4.78, 5) is 2.89. The van der Waals surface area contributed by atoms with Gasteiger partial charge >= 0.3 is 0 Å². The number of aromatic hydroxyl groups is 1. The van der Waals surface area contributed by atoms with Crippen LogP contribution in [0.3, 0.4) is 0 Å². The van der Waals surface area contributed by atoms with Crippen molar-refractivity contribution >= 4 is 16.6 Å². The van der Waals surface area contributed by atoms with E-state index in [9.17, 15) is 5.11 Å². The Balaban J connectivity index is 1.78. The lowest BCUT2D eigenvalue weighted by molar-refractivity contribution is 0.458. The lowest BCUT2D eigenvalue weighted by atomic mass is 10.2. The third kappa shape index (κ3) is 2.15. The van der Waals surface area contributed by atoms with E-state index in [4.69, 9.17) is 0 Å². The van der Waals surface area contributed by atoms with E-state index in [0.717, 1.165) is 23.1 Å². The zero-order valence-corrected chi connectivity index (χ0v) is 9.85. The topological polar surface area (TPSA) is 48.0 Å². The lowest BCUT2D eigenvalue weighted by Gasteiger charge is -2.06. The van der Waals surface area contributed by atoms with Gasteiger partial charge in [0.1, 0.15) is 0 Å². The molecule has 0 amide bonds. The van der Waals surface area contributed by atoms with E-state index in [1.807, 2.05) is 36.4 Å². The first-order valence-electron chi connectivity index (χ1n) is 5.91. The van der Waals surface area contributed by atoms with Crippen LogP contribution < -0.4 is 5.32 Å². The van der Waals surface area contributed by atoms with Crippen molar-refractivity contribution in [3.63, 3.8) is 0 Å². The molecular weight excluding hydrogens is 224 g/mol. The van der Waals surface area contributed by atoms with Crippen molar-refractivity contribution in [1.29, 1.82) is 0 Å². The first-order valence-corrected chi connectivity index (χ1v) is 5.91. The number of hydrogen-bond donors (Lipinski definition) is 3. The van der Waals surface area contributed by atoms with Crippen molar-refractivity contribution < 1.29 is 5.11 Å². The van der Waals surface area contributed by atoms with Crippen LogP contribution in [0.4, 0.5) is 5.69 Å². The minimum Gasteiger partial charge on any atom is -0.495 e. The van der Waals surface area contributed by atoms with Crippen LogP contribution in [0.15, 0.2) is 54.6 Å². The Morgan fingerprint density at radius 2 is 1.83 bits per heavy atom. The summed E-state index contributed by atoms with van der Waals surface area (Å²) in [5.74, 6) is 0.199. The number of hydrogen-bond acceptors (Lipinski definition) is 2. The summed E-state index contributed by atoms with van der Waals surface area (Å²) in [6.07, 6.45) is 0. The maximum Gasteiger partial charge on any atom is 0.189 e. The smallest absolute Gasteiger partial charge is 0.189 e. The van der Waals surface area contributed by atoms with E-state index in [0.29, 0.717) is 0 Å². The molecule has 3 N–H and O–H groups in total. The van der Waals surface area contributed by atoms with Crippen LogP contribution in [0.2, 0.25) is 0 Å². The van der Waals surface area contributed by atoms with E-state index in [-0.39, 0.29) is 5.88 Å². The Morgan fingerprint density at radius 1 is 1.00 bits per heavy atom. The SMILES string of the molecule is Oc1cc2cc(NCc3ccccc3)ccc2[nH]1. The lowest BCUT2D eigenvalue weighted by Crippen LogP contribution is -1.98. The Hall–Kier alpha value is -2.42. The second-order valence-corrected chi connectivity index (χ2v) is 4.30. The van der Waals surface area contributed by atoms with E-state index in [1.54, 1.807) is 6.07 Å². The monoisotopic (exact) mass is 238 g/mol. The number of fused-ring (bicyclic) bond motifs is 1. The van der Waals surface area contributed by atoms with Crippen molar-refractivity contribution in [2.45, 2.75) is 6.54 Å². The normalized spacial score (nSPS) is 10.7. The predicted octanol–water partition coefficient (Wildman–Crippen LogP) is 3.49. The Kier molecular flexibility index (Phi) is 2.65. The highest BCUT2D eigenvalue weighted by Gasteiger charge is 2.00. The molecule has 0 unspecified atom stereocenters. The molecule has 0 radical (unpaired) electrons. The minimum atomic E-state index is 0.199. The number of benzene rings is 2. The molecule has 3 nitrogen and oxygen atoms in total. The molecule has 3 heteroatoms. The average Bonchev–Trinajstić information content (AvgIpc) is 2.77. The summed E-state index contributed by atoms with van der Waals surface area (Å²) in [6.45, 7) is 0.794. The van der Waals surface area contributed by atoms with Crippen molar-refractivity contribution in [2.24, 2.45) is 0 Å². The minimum absolute atomic E-state index is 0.199. The number of anilines is 1. The molecule has 1 heterocycles. The van der Waals surface area contributed by atoms with Crippen LogP contribution in [0.1, 0.15) is 5.56 Å².